The molecular weight excluding hydrogens is 246 g/mol. The van der Waals surface area contributed by atoms with Crippen LogP contribution in [0.25, 0.3) is 11.3 Å². The Labute approximate surface area is 120 Å². The Hall–Kier alpha value is -2.34. The Balaban J connectivity index is 2.69. The van der Waals surface area contributed by atoms with Crippen LogP contribution in [-0.2, 0) is 0 Å². The second-order valence-corrected chi connectivity index (χ2v) is 5.35. The molecule has 3 heteroatoms. The van der Waals surface area contributed by atoms with Gasteiger partial charge in [0.25, 0.3) is 0 Å². The van der Waals surface area contributed by atoms with E-state index < -0.39 is 0 Å². The highest BCUT2D eigenvalue weighted by atomic mass is 15.1. The van der Waals surface area contributed by atoms with Gasteiger partial charge in [0.1, 0.15) is 11.9 Å². The smallest absolute Gasteiger partial charge is 0.146 e. The van der Waals surface area contributed by atoms with Crippen molar-refractivity contribution in [2.75, 3.05) is 19.0 Å². The number of aryl methyl sites for hydroxylation is 3. The predicted octanol–water partition coefficient (Wildman–Crippen LogP) is 3.61. The van der Waals surface area contributed by atoms with Gasteiger partial charge < -0.3 is 4.90 Å². The first-order valence-electron chi connectivity index (χ1n) is 6.60. The fourth-order valence-corrected chi connectivity index (χ4v) is 2.38. The van der Waals surface area contributed by atoms with E-state index in [0.717, 1.165) is 16.8 Å². The average Bonchev–Trinajstić information content (AvgIpc) is 2.38. The lowest BCUT2D eigenvalue weighted by Gasteiger charge is -2.17. The number of hydrogen-bond donors (Lipinski definition) is 0. The van der Waals surface area contributed by atoms with Crippen LogP contribution in [0.3, 0.4) is 0 Å². The van der Waals surface area contributed by atoms with E-state index in [1.165, 1.54) is 11.1 Å². The van der Waals surface area contributed by atoms with Crippen molar-refractivity contribution >= 4 is 5.82 Å². The number of benzene rings is 1. The SMILES string of the molecule is Cc1ccc(-c2nc(N(C)C)c(C#N)cc2C)c(C)c1. The fourth-order valence-electron chi connectivity index (χ4n) is 2.38. The van der Waals surface area contributed by atoms with Gasteiger partial charge in [-0.15, -0.1) is 0 Å². The Morgan fingerprint density at radius 1 is 1.05 bits per heavy atom. The third kappa shape index (κ3) is 2.50. The van der Waals surface area contributed by atoms with E-state index in [1.54, 1.807) is 0 Å². The molecular formula is C17H19N3. The lowest BCUT2D eigenvalue weighted by Crippen LogP contribution is -2.13. The van der Waals surface area contributed by atoms with Crippen molar-refractivity contribution in [3.8, 4) is 17.3 Å². The van der Waals surface area contributed by atoms with Crippen LogP contribution in [0.5, 0.6) is 0 Å². The van der Waals surface area contributed by atoms with Gasteiger partial charge in [-0.1, -0.05) is 23.8 Å². The summed E-state index contributed by atoms with van der Waals surface area (Å²) in [7, 11) is 3.81. The van der Waals surface area contributed by atoms with E-state index >= 15 is 0 Å². The first-order chi connectivity index (χ1) is 9.43. The summed E-state index contributed by atoms with van der Waals surface area (Å²) in [6.45, 7) is 6.18. The zero-order valence-electron chi connectivity index (χ0n) is 12.7. The Kier molecular flexibility index (Phi) is 3.76. The van der Waals surface area contributed by atoms with Crippen molar-refractivity contribution in [1.82, 2.24) is 4.98 Å². The van der Waals surface area contributed by atoms with Gasteiger partial charge in [0, 0.05) is 19.7 Å². The number of aromatic nitrogens is 1. The van der Waals surface area contributed by atoms with Crippen molar-refractivity contribution in [1.29, 1.82) is 5.26 Å². The number of rotatable bonds is 2. The van der Waals surface area contributed by atoms with Crippen LogP contribution in [-0.4, -0.2) is 19.1 Å². The molecule has 0 unspecified atom stereocenters. The van der Waals surface area contributed by atoms with Crippen LogP contribution in [0.4, 0.5) is 5.82 Å². The van der Waals surface area contributed by atoms with Crippen LogP contribution in [0.1, 0.15) is 22.3 Å². The molecule has 2 rings (SSSR count). The van der Waals surface area contributed by atoms with E-state index in [-0.39, 0.29) is 0 Å². The third-order valence-electron chi connectivity index (χ3n) is 3.37. The second-order valence-electron chi connectivity index (χ2n) is 5.35. The van der Waals surface area contributed by atoms with E-state index in [1.807, 2.05) is 32.0 Å². The molecule has 0 aliphatic carbocycles. The maximum Gasteiger partial charge on any atom is 0.146 e. The molecule has 0 radical (unpaired) electrons. The fraction of sp³-hybridized carbons (Fsp3) is 0.294. The summed E-state index contributed by atoms with van der Waals surface area (Å²) in [5.74, 6) is 0.716. The zero-order valence-corrected chi connectivity index (χ0v) is 12.7. The summed E-state index contributed by atoms with van der Waals surface area (Å²) < 4.78 is 0. The zero-order chi connectivity index (χ0) is 14.9. The quantitative estimate of drug-likeness (QED) is 0.832. The third-order valence-corrected chi connectivity index (χ3v) is 3.37. The number of pyridine rings is 1. The molecule has 1 aromatic heterocycles. The second kappa shape index (κ2) is 5.34. The van der Waals surface area contributed by atoms with Gasteiger partial charge in [-0.25, -0.2) is 4.98 Å². The minimum Gasteiger partial charge on any atom is -0.362 e. The average molecular weight is 265 g/mol. The number of nitrogens with zero attached hydrogens (tertiary/aromatic N) is 3. The van der Waals surface area contributed by atoms with Crippen LogP contribution in [0.15, 0.2) is 24.3 Å². The molecule has 102 valence electrons. The number of nitriles is 1. The molecule has 0 spiro atoms. The van der Waals surface area contributed by atoms with E-state index in [2.05, 4.69) is 38.1 Å². The molecule has 0 aliphatic heterocycles. The molecule has 0 saturated heterocycles. The summed E-state index contributed by atoms with van der Waals surface area (Å²) >= 11 is 0. The Morgan fingerprint density at radius 3 is 2.30 bits per heavy atom. The predicted molar refractivity (Wildman–Crippen MR) is 82.9 cm³/mol. The first kappa shape index (κ1) is 14.1. The summed E-state index contributed by atoms with van der Waals surface area (Å²) in [5.41, 5.74) is 6.16. The van der Waals surface area contributed by atoms with Crippen LogP contribution in [0.2, 0.25) is 0 Å². The van der Waals surface area contributed by atoms with Gasteiger partial charge in [-0.05, 0) is 38.0 Å². The van der Waals surface area contributed by atoms with Gasteiger partial charge in [-0.3, -0.25) is 0 Å². The summed E-state index contributed by atoms with van der Waals surface area (Å²) in [6.07, 6.45) is 0. The van der Waals surface area contributed by atoms with Gasteiger partial charge >= 0.3 is 0 Å². The number of anilines is 1. The van der Waals surface area contributed by atoms with Crippen molar-refractivity contribution in [3.63, 3.8) is 0 Å². The molecule has 2 aromatic rings. The highest BCUT2D eigenvalue weighted by Crippen LogP contribution is 2.29. The van der Waals surface area contributed by atoms with Gasteiger partial charge in [-0.2, -0.15) is 5.26 Å². The molecule has 0 amide bonds. The van der Waals surface area contributed by atoms with Crippen LogP contribution >= 0.6 is 0 Å². The molecule has 1 heterocycles. The molecule has 0 bridgehead atoms. The molecule has 0 aliphatic rings. The first-order valence-corrected chi connectivity index (χ1v) is 6.60. The molecule has 0 saturated carbocycles. The highest BCUT2D eigenvalue weighted by Gasteiger charge is 2.13. The normalized spacial score (nSPS) is 10.2. The van der Waals surface area contributed by atoms with Gasteiger partial charge in [0.2, 0.25) is 0 Å². The van der Waals surface area contributed by atoms with Crippen molar-refractivity contribution in [3.05, 3.63) is 46.5 Å². The standard InChI is InChI=1S/C17H19N3/c1-11-6-7-15(12(2)8-11)16-13(3)9-14(10-18)17(19-16)20(4)5/h6-9H,1-5H3. The topological polar surface area (TPSA) is 39.9 Å². The molecule has 20 heavy (non-hydrogen) atoms. The van der Waals surface area contributed by atoms with Gasteiger partial charge in [0.05, 0.1) is 11.3 Å². The van der Waals surface area contributed by atoms with Crippen molar-refractivity contribution < 1.29 is 0 Å². The molecule has 3 nitrogen and oxygen atoms in total. The van der Waals surface area contributed by atoms with Crippen molar-refractivity contribution in [2.24, 2.45) is 0 Å². The monoisotopic (exact) mass is 265 g/mol. The van der Waals surface area contributed by atoms with E-state index in [4.69, 9.17) is 4.98 Å². The largest absolute Gasteiger partial charge is 0.362 e. The summed E-state index contributed by atoms with van der Waals surface area (Å²) in [6, 6.07) is 10.5. The number of hydrogen-bond acceptors (Lipinski definition) is 3. The molecule has 0 atom stereocenters. The Morgan fingerprint density at radius 2 is 1.75 bits per heavy atom. The lowest BCUT2D eigenvalue weighted by atomic mass is 9.99. The minimum absolute atomic E-state index is 0.612. The molecule has 1 aromatic carbocycles. The lowest BCUT2D eigenvalue weighted by molar-refractivity contribution is 1.05. The van der Waals surface area contributed by atoms with Gasteiger partial charge in [0.15, 0.2) is 0 Å². The van der Waals surface area contributed by atoms with Crippen LogP contribution < -0.4 is 4.90 Å². The van der Waals surface area contributed by atoms with Crippen molar-refractivity contribution in [2.45, 2.75) is 20.8 Å². The molecule has 0 N–H and O–H groups in total. The maximum absolute atomic E-state index is 9.23. The van der Waals surface area contributed by atoms with Crippen LogP contribution in [0, 0.1) is 32.1 Å². The molecule has 0 fully saturated rings. The van der Waals surface area contributed by atoms with E-state index in [9.17, 15) is 5.26 Å². The summed E-state index contributed by atoms with van der Waals surface area (Å²) in [4.78, 5) is 6.59. The maximum atomic E-state index is 9.23. The summed E-state index contributed by atoms with van der Waals surface area (Å²) in [5, 5.41) is 9.23. The highest BCUT2D eigenvalue weighted by molar-refractivity contribution is 5.71. The Bertz CT molecular complexity index is 694. The van der Waals surface area contributed by atoms with E-state index in [0.29, 0.717) is 11.4 Å². The minimum atomic E-state index is 0.612.